The molecule has 1 aromatic heterocycles. The summed E-state index contributed by atoms with van der Waals surface area (Å²) in [5.74, 6) is -3.94. The Kier molecular flexibility index (Phi) is 7.11. The fraction of sp³-hybridized carbons (Fsp3) is 0.261. The summed E-state index contributed by atoms with van der Waals surface area (Å²) in [6, 6.07) is 10.6. The highest BCUT2D eigenvalue weighted by Gasteiger charge is 2.42. The van der Waals surface area contributed by atoms with Crippen molar-refractivity contribution in [3.8, 4) is 0 Å². The normalized spacial score (nSPS) is 17.1. The molecule has 0 unspecified atom stereocenters. The zero-order chi connectivity index (χ0) is 24.3. The lowest BCUT2D eigenvalue weighted by Crippen LogP contribution is -2.57. The molecule has 0 radical (unpaired) electrons. The molecule has 2 amide bonds. The highest BCUT2D eigenvalue weighted by Crippen LogP contribution is 2.28. The minimum atomic E-state index is -3.01. The van der Waals surface area contributed by atoms with Crippen molar-refractivity contribution in [2.24, 2.45) is 0 Å². The lowest BCUT2D eigenvalue weighted by atomic mass is 10.0. The van der Waals surface area contributed by atoms with Gasteiger partial charge < -0.3 is 21.3 Å². The van der Waals surface area contributed by atoms with Crippen LogP contribution in [0.15, 0.2) is 48.7 Å². The van der Waals surface area contributed by atoms with E-state index in [2.05, 4.69) is 26.3 Å². The van der Waals surface area contributed by atoms with E-state index < -0.39 is 24.4 Å². The fourth-order valence-electron chi connectivity index (χ4n) is 3.52. The second kappa shape index (κ2) is 10.0. The molecule has 11 heteroatoms. The number of piperidine rings is 1. The van der Waals surface area contributed by atoms with Crippen LogP contribution in [-0.4, -0.2) is 41.9 Å². The molecule has 4 rings (SSSR count). The van der Waals surface area contributed by atoms with Gasteiger partial charge in [-0.1, -0.05) is 41.1 Å². The number of amides is 2. The van der Waals surface area contributed by atoms with Crippen LogP contribution in [-0.2, 0) is 0 Å². The van der Waals surface area contributed by atoms with E-state index in [-0.39, 0.29) is 17.9 Å². The molecule has 178 valence electrons. The largest absolute Gasteiger partial charge is 0.343 e. The lowest BCUT2D eigenvalue weighted by molar-refractivity contribution is -0.0487. The molecule has 1 aliphatic heterocycles. The maximum absolute atomic E-state index is 14.0. The third kappa shape index (κ3) is 5.52. The maximum atomic E-state index is 14.0. The number of benzene rings is 2. The third-order valence-corrected chi connectivity index (χ3v) is 6.58. The van der Waals surface area contributed by atoms with Crippen LogP contribution >= 0.6 is 22.9 Å². The van der Waals surface area contributed by atoms with E-state index in [0.29, 0.717) is 33.0 Å². The van der Waals surface area contributed by atoms with Gasteiger partial charge in [-0.25, -0.2) is 13.8 Å². The van der Waals surface area contributed by atoms with Gasteiger partial charge in [0, 0.05) is 11.3 Å². The Hall–Kier alpha value is -3.08. The van der Waals surface area contributed by atoms with Crippen molar-refractivity contribution >= 4 is 51.3 Å². The van der Waals surface area contributed by atoms with Crippen molar-refractivity contribution in [1.82, 2.24) is 15.6 Å². The number of para-hydroxylation sites is 1. The van der Waals surface area contributed by atoms with Crippen molar-refractivity contribution in [3.63, 3.8) is 0 Å². The molecule has 3 aromatic rings. The highest BCUT2D eigenvalue weighted by molar-refractivity contribution is 7.17. The van der Waals surface area contributed by atoms with Crippen molar-refractivity contribution < 1.29 is 18.4 Å². The quantitative estimate of drug-likeness (QED) is 0.385. The molecule has 2 heterocycles. The number of thiazole rings is 1. The van der Waals surface area contributed by atoms with E-state index >= 15 is 0 Å². The van der Waals surface area contributed by atoms with Gasteiger partial charge in [-0.2, -0.15) is 0 Å². The van der Waals surface area contributed by atoms with Crippen LogP contribution in [0.3, 0.4) is 0 Å². The van der Waals surface area contributed by atoms with Crippen molar-refractivity contribution in [1.29, 1.82) is 0 Å². The number of aryl methyl sites for hydroxylation is 1. The number of halogens is 3. The molecule has 0 spiro atoms. The summed E-state index contributed by atoms with van der Waals surface area (Å²) in [6.07, 6.45) is 1.58. The Labute approximate surface area is 203 Å². The molecule has 7 nitrogen and oxygen atoms in total. The lowest BCUT2D eigenvalue weighted by Gasteiger charge is -2.32. The number of anilines is 3. The number of nitrogens with one attached hydrogen (secondary N) is 4. The number of rotatable bonds is 6. The Balaban J connectivity index is 1.42. The molecular weight excluding hydrogens is 484 g/mol. The van der Waals surface area contributed by atoms with Crippen molar-refractivity contribution in [3.05, 3.63) is 69.7 Å². The first-order valence-electron chi connectivity index (χ1n) is 10.5. The second-order valence-corrected chi connectivity index (χ2v) is 9.31. The number of carbonyl (C=O) groups excluding carboxylic acids is 2. The summed E-state index contributed by atoms with van der Waals surface area (Å²) < 4.78 is 28.0. The van der Waals surface area contributed by atoms with Crippen molar-refractivity contribution in [2.75, 3.05) is 23.7 Å². The number of carbonyl (C=O) groups is 2. The summed E-state index contributed by atoms with van der Waals surface area (Å²) in [5, 5.41) is 11.8. The van der Waals surface area contributed by atoms with Crippen LogP contribution in [0.5, 0.6) is 0 Å². The van der Waals surface area contributed by atoms with Gasteiger partial charge in [-0.05, 0) is 49.7 Å². The van der Waals surface area contributed by atoms with Gasteiger partial charge in [0.2, 0.25) is 0 Å². The molecule has 0 bridgehead atoms. The summed E-state index contributed by atoms with van der Waals surface area (Å²) in [5.41, 5.74) is 2.15. The van der Waals surface area contributed by atoms with Crippen LogP contribution in [0.1, 0.15) is 32.0 Å². The predicted octanol–water partition coefficient (Wildman–Crippen LogP) is 4.83. The minimum Gasteiger partial charge on any atom is -0.343 e. The average Bonchev–Trinajstić information content (AvgIpc) is 3.26. The number of hydrogen-bond acceptors (Lipinski definition) is 6. The first-order chi connectivity index (χ1) is 16.2. The van der Waals surface area contributed by atoms with E-state index in [1.165, 1.54) is 6.20 Å². The highest BCUT2D eigenvalue weighted by atomic mass is 35.5. The van der Waals surface area contributed by atoms with E-state index in [1.807, 2.05) is 13.0 Å². The number of nitrogens with zero attached hydrogens (tertiary/aromatic N) is 1. The molecule has 1 aliphatic rings. The molecule has 1 atom stereocenters. The molecule has 2 aromatic carbocycles. The van der Waals surface area contributed by atoms with Crippen LogP contribution in [0, 0.1) is 6.92 Å². The summed E-state index contributed by atoms with van der Waals surface area (Å²) in [4.78, 5) is 29.8. The Morgan fingerprint density at radius 3 is 2.76 bits per heavy atom. The fourth-order valence-corrected chi connectivity index (χ4v) is 4.52. The number of aromatic nitrogens is 1. The zero-order valence-corrected chi connectivity index (χ0v) is 19.7. The zero-order valence-electron chi connectivity index (χ0n) is 18.1. The second-order valence-electron chi connectivity index (χ2n) is 7.87. The Bertz CT molecular complexity index is 1200. The van der Waals surface area contributed by atoms with Crippen LogP contribution < -0.4 is 21.3 Å². The number of hydrogen-bond donors (Lipinski definition) is 4. The monoisotopic (exact) mass is 505 g/mol. The molecule has 34 heavy (non-hydrogen) atoms. The Morgan fingerprint density at radius 1 is 1.21 bits per heavy atom. The van der Waals surface area contributed by atoms with Crippen molar-refractivity contribution in [2.45, 2.75) is 25.3 Å². The average molecular weight is 506 g/mol. The van der Waals surface area contributed by atoms with Gasteiger partial charge in [-0.15, -0.1) is 0 Å². The van der Waals surface area contributed by atoms with Gasteiger partial charge in [-0.3, -0.25) is 9.59 Å². The molecule has 0 saturated carbocycles. The molecular formula is C23H22ClF2N5O2S. The first kappa shape index (κ1) is 24.1. The minimum absolute atomic E-state index is 0.147. The topological polar surface area (TPSA) is 95.2 Å². The van der Waals surface area contributed by atoms with E-state index in [0.717, 1.165) is 16.9 Å². The first-order valence-corrected chi connectivity index (χ1v) is 11.7. The van der Waals surface area contributed by atoms with E-state index in [1.54, 1.807) is 36.4 Å². The molecule has 1 fully saturated rings. The van der Waals surface area contributed by atoms with Gasteiger partial charge in [0.15, 0.2) is 5.13 Å². The van der Waals surface area contributed by atoms with Crippen LogP contribution in [0.25, 0.3) is 0 Å². The summed E-state index contributed by atoms with van der Waals surface area (Å²) >= 11 is 7.30. The molecule has 4 N–H and O–H groups in total. The maximum Gasteiger partial charge on any atom is 0.280 e. The summed E-state index contributed by atoms with van der Waals surface area (Å²) in [7, 11) is 0. The van der Waals surface area contributed by atoms with Gasteiger partial charge >= 0.3 is 0 Å². The SMILES string of the molecule is Cc1cccc(Cl)c1NC(=O)c1cnc(Nc2cccc(C(=O)N[C@@H]3CCNCC3(F)F)c2)s1. The molecule has 1 saturated heterocycles. The van der Waals surface area contributed by atoms with Crippen LogP contribution in [0.4, 0.5) is 25.3 Å². The number of alkyl halides is 2. The van der Waals surface area contributed by atoms with Crippen LogP contribution in [0.2, 0.25) is 5.02 Å². The Morgan fingerprint density at radius 2 is 2.00 bits per heavy atom. The van der Waals surface area contributed by atoms with E-state index in [9.17, 15) is 18.4 Å². The van der Waals surface area contributed by atoms with Gasteiger partial charge in [0.25, 0.3) is 17.7 Å². The standard InChI is InChI=1S/C23H22ClF2N5O2S/c1-13-4-2-7-16(24)19(13)31-21(33)17-11-28-22(34-17)29-15-6-3-5-14(10-15)20(32)30-18-8-9-27-12-23(18,25)26/h2-7,10-11,18,27H,8-9,12H2,1H3,(H,28,29)(H,30,32)(H,31,33)/t18-/m1/s1. The third-order valence-electron chi connectivity index (χ3n) is 5.35. The van der Waals surface area contributed by atoms with E-state index in [4.69, 9.17) is 11.6 Å². The van der Waals surface area contributed by atoms with Gasteiger partial charge in [0.05, 0.1) is 29.5 Å². The summed E-state index contributed by atoms with van der Waals surface area (Å²) in [6.45, 7) is 1.80. The predicted molar refractivity (Wildman–Crippen MR) is 130 cm³/mol. The molecule has 0 aliphatic carbocycles. The smallest absolute Gasteiger partial charge is 0.280 e. The van der Waals surface area contributed by atoms with Gasteiger partial charge in [0.1, 0.15) is 4.88 Å².